The Kier molecular flexibility index (Phi) is 5.15. The van der Waals surface area contributed by atoms with Crippen LogP contribution in [0.4, 0.5) is 24.7 Å². The average Bonchev–Trinajstić information content (AvgIpc) is 3.13. The molecule has 0 saturated carbocycles. The number of aromatic nitrogens is 3. The van der Waals surface area contributed by atoms with E-state index in [1.165, 1.54) is 18.3 Å². The maximum Gasteiger partial charge on any atom is 0.410 e. The summed E-state index contributed by atoms with van der Waals surface area (Å²) in [6.07, 6.45) is -3.31. The number of benzene rings is 1. The van der Waals surface area contributed by atoms with Gasteiger partial charge in [-0.3, -0.25) is 4.79 Å². The molecule has 6 nitrogen and oxygen atoms in total. The van der Waals surface area contributed by atoms with E-state index in [0.29, 0.717) is 0 Å². The lowest BCUT2D eigenvalue weighted by atomic mass is 9.96. The quantitative estimate of drug-likeness (QED) is 0.558. The van der Waals surface area contributed by atoms with Crippen LogP contribution in [0.25, 0.3) is 0 Å². The zero-order chi connectivity index (χ0) is 21.5. The van der Waals surface area contributed by atoms with Gasteiger partial charge in [-0.2, -0.15) is 18.3 Å². The molecule has 2 aromatic heterocycles. The first-order chi connectivity index (χ1) is 14.2. The molecular weight excluding hydrogens is 419 g/mol. The first kappa shape index (κ1) is 20.2. The lowest BCUT2D eigenvalue weighted by molar-refractivity contribution is -0.173. The highest BCUT2D eigenvalue weighted by Gasteiger charge is 2.46. The number of halogens is 4. The minimum absolute atomic E-state index is 0.0700. The van der Waals surface area contributed by atoms with Gasteiger partial charge in [0.05, 0.1) is 11.7 Å². The number of amides is 1. The maximum absolute atomic E-state index is 13.8. The van der Waals surface area contributed by atoms with Crippen molar-refractivity contribution in [3.63, 3.8) is 0 Å². The predicted molar refractivity (Wildman–Crippen MR) is 107 cm³/mol. The van der Waals surface area contributed by atoms with Crippen LogP contribution in [0.1, 0.15) is 40.1 Å². The second kappa shape index (κ2) is 7.64. The zero-order valence-electron chi connectivity index (χ0n) is 15.7. The number of hydrogen-bond donors (Lipinski definition) is 2. The third-order valence-electron chi connectivity index (χ3n) is 4.91. The van der Waals surface area contributed by atoms with Crippen LogP contribution in [0.3, 0.4) is 0 Å². The standard InChI is InChI=1S/C20H17ClF3N5O/c1-11-4-6-12(7-5-11)14-9-16(20(22,23)24)29-17(26-14)10-15(28-29)19(30)27-13-3-2-8-25-18(13)21/h2-8,10,14,16,26H,9H2,1H3,(H,27,30)/t14-,16+/m1/s1. The van der Waals surface area contributed by atoms with E-state index in [1.54, 1.807) is 18.2 Å². The van der Waals surface area contributed by atoms with E-state index in [1.807, 2.05) is 19.1 Å². The lowest BCUT2D eigenvalue weighted by Gasteiger charge is -2.33. The van der Waals surface area contributed by atoms with Gasteiger partial charge in [-0.25, -0.2) is 9.67 Å². The molecule has 4 rings (SSSR count). The molecule has 0 aliphatic carbocycles. The zero-order valence-corrected chi connectivity index (χ0v) is 16.5. The molecule has 156 valence electrons. The first-order valence-corrected chi connectivity index (χ1v) is 9.51. The molecule has 3 aromatic rings. The summed E-state index contributed by atoms with van der Waals surface area (Å²) in [5, 5.41) is 9.58. The van der Waals surface area contributed by atoms with Crippen molar-refractivity contribution in [1.29, 1.82) is 0 Å². The largest absolute Gasteiger partial charge is 0.410 e. The Morgan fingerprint density at radius 3 is 2.67 bits per heavy atom. The Morgan fingerprint density at radius 2 is 2.00 bits per heavy atom. The Hall–Kier alpha value is -3.07. The van der Waals surface area contributed by atoms with Crippen LogP contribution in [0, 0.1) is 6.92 Å². The van der Waals surface area contributed by atoms with Crippen LogP contribution in [-0.4, -0.2) is 26.8 Å². The number of alkyl halides is 3. The fourth-order valence-corrected chi connectivity index (χ4v) is 3.53. The SMILES string of the molecule is Cc1ccc([C@H]2C[C@@H](C(F)(F)F)n3nc(C(=O)Nc4cccnc4Cl)cc3N2)cc1. The number of anilines is 2. The van der Waals surface area contributed by atoms with Gasteiger partial charge in [0.25, 0.3) is 5.91 Å². The van der Waals surface area contributed by atoms with Gasteiger partial charge in [-0.05, 0) is 24.6 Å². The van der Waals surface area contributed by atoms with Crippen LogP contribution < -0.4 is 10.6 Å². The number of carbonyl (C=O) groups is 1. The van der Waals surface area contributed by atoms with Crippen molar-refractivity contribution in [2.24, 2.45) is 0 Å². The molecule has 10 heteroatoms. The van der Waals surface area contributed by atoms with Gasteiger partial charge in [0.1, 0.15) is 5.82 Å². The van der Waals surface area contributed by atoms with Crippen molar-refractivity contribution in [2.45, 2.75) is 31.6 Å². The summed E-state index contributed by atoms with van der Waals surface area (Å²) in [6, 6.07) is 9.28. The second-order valence-electron chi connectivity index (χ2n) is 7.06. The number of nitrogens with zero attached hydrogens (tertiary/aromatic N) is 3. The number of aryl methyl sites for hydroxylation is 1. The Labute approximate surface area is 175 Å². The summed E-state index contributed by atoms with van der Waals surface area (Å²) in [6.45, 7) is 1.91. The van der Waals surface area contributed by atoms with Crippen molar-refractivity contribution >= 4 is 29.0 Å². The summed E-state index contributed by atoms with van der Waals surface area (Å²) < 4.78 is 42.1. The minimum atomic E-state index is -4.52. The van der Waals surface area contributed by atoms with Gasteiger partial charge >= 0.3 is 6.18 Å². The van der Waals surface area contributed by atoms with E-state index in [2.05, 4.69) is 20.7 Å². The molecule has 1 aliphatic heterocycles. The Balaban J connectivity index is 1.65. The van der Waals surface area contributed by atoms with Crippen LogP contribution >= 0.6 is 11.6 Å². The molecule has 3 heterocycles. The maximum atomic E-state index is 13.8. The molecule has 0 saturated heterocycles. The lowest BCUT2D eigenvalue weighted by Crippen LogP contribution is -2.35. The molecule has 0 fully saturated rings. The van der Waals surface area contributed by atoms with Gasteiger partial charge in [-0.15, -0.1) is 0 Å². The van der Waals surface area contributed by atoms with Gasteiger partial charge < -0.3 is 10.6 Å². The summed E-state index contributed by atoms with van der Waals surface area (Å²) in [5.41, 5.74) is 1.83. The van der Waals surface area contributed by atoms with E-state index in [0.717, 1.165) is 15.8 Å². The average molecular weight is 436 g/mol. The molecule has 1 aliphatic rings. The molecular formula is C20H17ClF3N5O. The van der Waals surface area contributed by atoms with Gasteiger partial charge in [-0.1, -0.05) is 41.4 Å². The summed E-state index contributed by atoms with van der Waals surface area (Å²) in [5.74, 6) is -0.557. The van der Waals surface area contributed by atoms with E-state index in [9.17, 15) is 18.0 Å². The van der Waals surface area contributed by atoms with Crippen LogP contribution in [0.5, 0.6) is 0 Å². The third kappa shape index (κ3) is 3.97. The highest BCUT2D eigenvalue weighted by Crippen LogP contribution is 2.43. The molecule has 2 atom stereocenters. The molecule has 0 spiro atoms. The molecule has 0 bridgehead atoms. The van der Waals surface area contributed by atoms with Crippen molar-refractivity contribution in [3.8, 4) is 0 Å². The molecule has 1 amide bonds. The van der Waals surface area contributed by atoms with Gasteiger partial charge in [0, 0.05) is 18.7 Å². The van der Waals surface area contributed by atoms with Gasteiger partial charge in [0.2, 0.25) is 0 Å². The highest BCUT2D eigenvalue weighted by molar-refractivity contribution is 6.32. The summed E-state index contributed by atoms with van der Waals surface area (Å²) >= 11 is 5.93. The number of fused-ring (bicyclic) bond motifs is 1. The minimum Gasteiger partial charge on any atom is -0.363 e. The van der Waals surface area contributed by atoms with E-state index in [-0.39, 0.29) is 28.8 Å². The second-order valence-corrected chi connectivity index (χ2v) is 7.41. The number of pyridine rings is 1. The van der Waals surface area contributed by atoms with E-state index in [4.69, 9.17) is 11.6 Å². The van der Waals surface area contributed by atoms with Crippen molar-refractivity contribution in [3.05, 3.63) is 70.6 Å². The van der Waals surface area contributed by atoms with E-state index >= 15 is 0 Å². The van der Waals surface area contributed by atoms with E-state index < -0.39 is 24.2 Å². The first-order valence-electron chi connectivity index (χ1n) is 9.13. The summed E-state index contributed by atoms with van der Waals surface area (Å²) in [4.78, 5) is 16.4. The van der Waals surface area contributed by atoms with Crippen molar-refractivity contribution in [2.75, 3.05) is 10.6 Å². The fourth-order valence-electron chi connectivity index (χ4n) is 3.37. The molecule has 0 unspecified atom stereocenters. The Morgan fingerprint density at radius 1 is 1.27 bits per heavy atom. The number of hydrogen-bond acceptors (Lipinski definition) is 4. The van der Waals surface area contributed by atoms with Crippen molar-refractivity contribution in [1.82, 2.24) is 14.8 Å². The molecule has 1 aromatic carbocycles. The molecule has 0 radical (unpaired) electrons. The van der Waals surface area contributed by atoms with Crippen LogP contribution in [-0.2, 0) is 0 Å². The number of rotatable bonds is 3. The predicted octanol–water partition coefficient (Wildman–Crippen LogP) is 5.15. The van der Waals surface area contributed by atoms with Crippen molar-refractivity contribution < 1.29 is 18.0 Å². The summed E-state index contributed by atoms with van der Waals surface area (Å²) in [7, 11) is 0. The van der Waals surface area contributed by atoms with Crippen LogP contribution in [0.15, 0.2) is 48.7 Å². The van der Waals surface area contributed by atoms with Crippen LogP contribution in [0.2, 0.25) is 5.15 Å². The third-order valence-corrected chi connectivity index (χ3v) is 5.21. The highest BCUT2D eigenvalue weighted by atomic mass is 35.5. The number of nitrogens with one attached hydrogen (secondary N) is 2. The normalized spacial score (nSPS) is 18.4. The monoisotopic (exact) mass is 435 g/mol. The molecule has 30 heavy (non-hydrogen) atoms. The smallest absolute Gasteiger partial charge is 0.363 e. The fraction of sp³-hybridized carbons (Fsp3) is 0.250. The Bertz CT molecular complexity index is 1080. The van der Waals surface area contributed by atoms with Gasteiger partial charge in [0.15, 0.2) is 16.9 Å². The molecule has 2 N–H and O–H groups in total. The number of carbonyl (C=O) groups excluding carboxylic acids is 1. The topological polar surface area (TPSA) is 71.8 Å².